The molecule has 0 rings (SSSR count). The molecular weight excluding hydrogens is 178 g/mol. The fourth-order valence-electron chi connectivity index (χ4n) is 1.17. The molecule has 14 heavy (non-hydrogen) atoms. The molecule has 0 saturated carbocycles. The monoisotopic (exact) mass is 201 g/mol. The normalized spacial score (nSPS) is 10.1. The maximum absolute atomic E-state index is 11.1. The number of esters is 1. The lowest BCUT2D eigenvalue weighted by molar-refractivity contribution is -0.143. The van der Waals surface area contributed by atoms with Crippen molar-refractivity contribution in [3.8, 4) is 0 Å². The Morgan fingerprint density at radius 3 is 2.50 bits per heavy atom. The third kappa shape index (κ3) is 9.52. The summed E-state index contributed by atoms with van der Waals surface area (Å²) in [5, 5.41) is 0. The van der Waals surface area contributed by atoms with E-state index in [4.69, 9.17) is 10.5 Å². The minimum absolute atomic E-state index is 0.0498. The molecule has 0 radical (unpaired) electrons. The van der Waals surface area contributed by atoms with E-state index in [-0.39, 0.29) is 5.97 Å². The molecule has 0 bridgehead atoms. The number of unbranched alkanes of at least 4 members (excludes halogenated alkanes) is 4. The standard InChI is InChI=1S/C11H23NO2/c1-2-3-10-14-11(13)8-6-4-5-7-9-12/h2-10,12H2,1H3. The van der Waals surface area contributed by atoms with E-state index in [1.54, 1.807) is 0 Å². The van der Waals surface area contributed by atoms with E-state index in [1.165, 1.54) is 0 Å². The van der Waals surface area contributed by atoms with Gasteiger partial charge in [0.1, 0.15) is 0 Å². The zero-order valence-electron chi connectivity index (χ0n) is 9.26. The maximum Gasteiger partial charge on any atom is 0.305 e. The molecular formula is C11H23NO2. The van der Waals surface area contributed by atoms with Crippen LogP contribution in [0.5, 0.6) is 0 Å². The number of ether oxygens (including phenoxy) is 1. The van der Waals surface area contributed by atoms with Crippen molar-refractivity contribution in [3.63, 3.8) is 0 Å². The van der Waals surface area contributed by atoms with Gasteiger partial charge < -0.3 is 10.5 Å². The summed E-state index contributed by atoms with van der Waals surface area (Å²) in [4.78, 5) is 11.1. The Balaban J connectivity index is 3.10. The van der Waals surface area contributed by atoms with Crippen LogP contribution in [-0.2, 0) is 9.53 Å². The second-order valence-corrected chi connectivity index (χ2v) is 3.53. The summed E-state index contributed by atoms with van der Waals surface area (Å²) in [6.45, 7) is 3.42. The Hall–Kier alpha value is -0.570. The van der Waals surface area contributed by atoms with E-state index >= 15 is 0 Å². The fourth-order valence-corrected chi connectivity index (χ4v) is 1.17. The van der Waals surface area contributed by atoms with Gasteiger partial charge >= 0.3 is 5.97 Å². The first-order valence-electron chi connectivity index (χ1n) is 5.67. The lowest BCUT2D eigenvalue weighted by atomic mass is 10.1. The van der Waals surface area contributed by atoms with Crippen molar-refractivity contribution in [2.75, 3.05) is 13.2 Å². The predicted octanol–water partition coefficient (Wildman–Crippen LogP) is 2.24. The Morgan fingerprint density at radius 2 is 1.86 bits per heavy atom. The maximum atomic E-state index is 11.1. The minimum atomic E-state index is -0.0498. The summed E-state index contributed by atoms with van der Waals surface area (Å²) in [5.41, 5.74) is 5.36. The van der Waals surface area contributed by atoms with Gasteiger partial charge in [0.25, 0.3) is 0 Å². The highest BCUT2D eigenvalue weighted by Crippen LogP contribution is 2.03. The molecule has 3 heteroatoms. The van der Waals surface area contributed by atoms with E-state index in [1.807, 2.05) is 0 Å². The molecule has 84 valence electrons. The lowest BCUT2D eigenvalue weighted by Gasteiger charge is -2.03. The van der Waals surface area contributed by atoms with Crippen molar-refractivity contribution in [2.45, 2.75) is 51.9 Å². The number of hydrogen-bond donors (Lipinski definition) is 1. The highest BCUT2D eigenvalue weighted by atomic mass is 16.5. The van der Waals surface area contributed by atoms with Gasteiger partial charge in [-0.15, -0.1) is 0 Å². The van der Waals surface area contributed by atoms with E-state index in [9.17, 15) is 4.79 Å². The molecule has 0 aromatic rings. The lowest BCUT2D eigenvalue weighted by Crippen LogP contribution is -2.05. The Bertz CT molecular complexity index is 137. The van der Waals surface area contributed by atoms with E-state index in [2.05, 4.69) is 6.92 Å². The van der Waals surface area contributed by atoms with Crippen molar-refractivity contribution in [3.05, 3.63) is 0 Å². The Kier molecular flexibility index (Phi) is 10.1. The van der Waals surface area contributed by atoms with Crippen LogP contribution in [0.3, 0.4) is 0 Å². The zero-order chi connectivity index (χ0) is 10.6. The van der Waals surface area contributed by atoms with Gasteiger partial charge in [0.05, 0.1) is 6.61 Å². The van der Waals surface area contributed by atoms with Gasteiger partial charge in [0.2, 0.25) is 0 Å². The highest BCUT2D eigenvalue weighted by Gasteiger charge is 2.01. The van der Waals surface area contributed by atoms with Crippen LogP contribution in [0, 0.1) is 0 Å². The summed E-state index contributed by atoms with van der Waals surface area (Å²) >= 11 is 0. The SMILES string of the molecule is CCCCOC(=O)CCCCCCN. The average Bonchev–Trinajstić information content (AvgIpc) is 2.18. The fraction of sp³-hybridized carbons (Fsp3) is 0.909. The average molecular weight is 201 g/mol. The van der Waals surface area contributed by atoms with Crippen LogP contribution in [0.15, 0.2) is 0 Å². The molecule has 0 aromatic carbocycles. The summed E-state index contributed by atoms with van der Waals surface area (Å²) in [7, 11) is 0. The molecule has 0 aliphatic heterocycles. The first-order valence-corrected chi connectivity index (χ1v) is 5.67. The van der Waals surface area contributed by atoms with E-state index in [0.717, 1.165) is 45.1 Å². The largest absolute Gasteiger partial charge is 0.466 e. The number of carbonyl (C=O) groups is 1. The van der Waals surface area contributed by atoms with Crippen molar-refractivity contribution in [2.24, 2.45) is 5.73 Å². The van der Waals surface area contributed by atoms with Crippen molar-refractivity contribution >= 4 is 5.97 Å². The third-order valence-electron chi connectivity index (χ3n) is 2.10. The highest BCUT2D eigenvalue weighted by molar-refractivity contribution is 5.69. The van der Waals surface area contributed by atoms with Crippen molar-refractivity contribution in [1.29, 1.82) is 0 Å². The molecule has 0 aromatic heterocycles. The first-order chi connectivity index (χ1) is 6.81. The smallest absolute Gasteiger partial charge is 0.305 e. The van der Waals surface area contributed by atoms with Crippen LogP contribution in [0.4, 0.5) is 0 Å². The van der Waals surface area contributed by atoms with Crippen molar-refractivity contribution < 1.29 is 9.53 Å². The summed E-state index contributed by atoms with van der Waals surface area (Å²) in [5.74, 6) is -0.0498. The van der Waals surface area contributed by atoms with Gasteiger partial charge in [0.15, 0.2) is 0 Å². The molecule has 0 aliphatic rings. The Labute approximate surface area is 87.0 Å². The van der Waals surface area contributed by atoms with Crippen molar-refractivity contribution in [1.82, 2.24) is 0 Å². The van der Waals surface area contributed by atoms with Gasteiger partial charge in [-0.2, -0.15) is 0 Å². The number of carbonyl (C=O) groups excluding carboxylic acids is 1. The quantitative estimate of drug-likeness (QED) is 0.460. The van der Waals surface area contributed by atoms with Crippen LogP contribution in [0.25, 0.3) is 0 Å². The molecule has 3 nitrogen and oxygen atoms in total. The third-order valence-corrected chi connectivity index (χ3v) is 2.10. The van der Waals surface area contributed by atoms with Gasteiger partial charge in [-0.05, 0) is 25.8 Å². The summed E-state index contributed by atoms with van der Waals surface area (Å²) in [6.07, 6.45) is 6.81. The van der Waals surface area contributed by atoms with Crippen LogP contribution in [0.2, 0.25) is 0 Å². The van der Waals surface area contributed by atoms with E-state index < -0.39 is 0 Å². The number of hydrogen-bond acceptors (Lipinski definition) is 3. The van der Waals surface area contributed by atoms with Gasteiger partial charge in [-0.25, -0.2) is 0 Å². The molecule has 0 amide bonds. The molecule has 0 unspecified atom stereocenters. The summed E-state index contributed by atoms with van der Waals surface area (Å²) < 4.78 is 5.03. The second kappa shape index (κ2) is 10.5. The molecule has 2 N–H and O–H groups in total. The van der Waals surface area contributed by atoms with Crippen LogP contribution in [0.1, 0.15) is 51.9 Å². The van der Waals surface area contributed by atoms with Gasteiger partial charge in [-0.3, -0.25) is 4.79 Å². The topological polar surface area (TPSA) is 52.3 Å². The Morgan fingerprint density at radius 1 is 1.14 bits per heavy atom. The predicted molar refractivity (Wildman–Crippen MR) is 58.0 cm³/mol. The van der Waals surface area contributed by atoms with Crippen LogP contribution < -0.4 is 5.73 Å². The molecule has 0 heterocycles. The molecule has 0 saturated heterocycles. The van der Waals surface area contributed by atoms with Gasteiger partial charge in [-0.1, -0.05) is 26.2 Å². The minimum Gasteiger partial charge on any atom is -0.466 e. The molecule has 0 spiro atoms. The van der Waals surface area contributed by atoms with Crippen LogP contribution >= 0.6 is 0 Å². The molecule has 0 aliphatic carbocycles. The van der Waals surface area contributed by atoms with E-state index in [0.29, 0.717) is 13.0 Å². The van der Waals surface area contributed by atoms with Gasteiger partial charge in [0, 0.05) is 6.42 Å². The zero-order valence-corrected chi connectivity index (χ0v) is 9.26. The summed E-state index contributed by atoms with van der Waals surface area (Å²) in [6, 6.07) is 0. The molecule has 0 atom stereocenters. The number of nitrogens with two attached hydrogens (primary N) is 1. The number of rotatable bonds is 9. The first kappa shape index (κ1) is 13.4. The second-order valence-electron chi connectivity index (χ2n) is 3.53. The molecule has 0 fully saturated rings. The van der Waals surface area contributed by atoms with Crippen LogP contribution in [-0.4, -0.2) is 19.1 Å².